The summed E-state index contributed by atoms with van der Waals surface area (Å²) in [4.78, 5) is 38.7. The lowest BCUT2D eigenvalue weighted by atomic mass is 10.1. The number of fused-ring (bicyclic) bond motifs is 2. The highest BCUT2D eigenvalue weighted by molar-refractivity contribution is 6.05. The smallest absolute Gasteiger partial charge is 0.359 e. The maximum atomic E-state index is 13.0. The van der Waals surface area contributed by atoms with E-state index in [0.29, 0.717) is 27.6 Å². The first-order valence-electron chi connectivity index (χ1n) is 10.3. The Morgan fingerprint density at radius 3 is 2.24 bits per heavy atom. The van der Waals surface area contributed by atoms with Gasteiger partial charge >= 0.3 is 5.97 Å². The SMILES string of the molecule is Cc1c(C(=O)COC(=O)c2nn(-c3ccccc3)c(=O)c3ccccc23)oc2ccccc12. The number of carbonyl (C=O) groups is 2. The van der Waals surface area contributed by atoms with Crippen LogP contribution in [0.2, 0.25) is 0 Å². The second-order valence-electron chi connectivity index (χ2n) is 7.50. The number of aryl methyl sites for hydroxylation is 1. The summed E-state index contributed by atoms with van der Waals surface area (Å²) in [6.45, 7) is 1.27. The number of aromatic nitrogens is 2. The maximum Gasteiger partial charge on any atom is 0.359 e. The molecule has 33 heavy (non-hydrogen) atoms. The molecule has 7 nitrogen and oxygen atoms in total. The van der Waals surface area contributed by atoms with Crippen LogP contribution < -0.4 is 5.56 Å². The molecule has 162 valence electrons. The third-order valence-corrected chi connectivity index (χ3v) is 5.43. The molecule has 5 aromatic rings. The Morgan fingerprint density at radius 2 is 1.52 bits per heavy atom. The molecular weight excluding hydrogens is 420 g/mol. The molecule has 0 aliphatic rings. The molecule has 0 atom stereocenters. The number of para-hydroxylation sites is 2. The van der Waals surface area contributed by atoms with E-state index in [1.807, 2.05) is 24.3 Å². The van der Waals surface area contributed by atoms with Crippen molar-refractivity contribution in [3.05, 3.63) is 106 Å². The number of rotatable bonds is 5. The van der Waals surface area contributed by atoms with Crippen molar-refractivity contribution < 1.29 is 18.7 Å². The van der Waals surface area contributed by atoms with Gasteiger partial charge in [-0.1, -0.05) is 54.6 Å². The Labute approximate surface area is 187 Å². The maximum absolute atomic E-state index is 13.0. The van der Waals surface area contributed by atoms with E-state index in [9.17, 15) is 14.4 Å². The van der Waals surface area contributed by atoms with E-state index in [1.54, 1.807) is 61.5 Å². The van der Waals surface area contributed by atoms with Crippen LogP contribution in [-0.4, -0.2) is 28.1 Å². The number of benzene rings is 3. The Morgan fingerprint density at radius 1 is 0.879 bits per heavy atom. The average Bonchev–Trinajstić information content (AvgIpc) is 3.20. The van der Waals surface area contributed by atoms with Gasteiger partial charge in [-0.15, -0.1) is 0 Å². The first-order chi connectivity index (χ1) is 16.0. The van der Waals surface area contributed by atoms with Crippen LogP contribution >= 0.6 is 0 Å². The largest absolute Gasteiger partial charge is 0.453 e. The van der Waals surface area contributed by atoms with Crippen molar-refractivity contribution in [2.45, 2.75) is 6.92 Å². The van der Waals surface area contributed by atoms with Gasteiger partial charge in [0.25, 0.3) is 5.56 Å². The third-order valence-electron chi connectivity index (χ3n) is 5.43. The van der Waals surface area contributed by atoms with Gasteiger partial charge in [0, 0.05) is 16.3 Å². The Bertz CT molecular complexity index is 1580. The number of hydrogen-bond acceptors (Lipinski definition) is 6. The van der Waals surface area contributed by atoms with E-state index in [-0.39, 0.29) is 17.0 Å². The summed E-state index contributed by atoms with van der Waals surface area (Å²) >= 11 is 0. The van der Waals surface area contributed by atoms with Gasteiger partial charge in [-0.2, -0.15) is 9.78 Å². The summed E-state index contributed by atoms with van der Waals surface area (Å²) in [6, 6.07) is 22.8. The normalized spacial score (nSPS) is 11.1. The second kappa shape index (κ2) is 8.20. The van der Waals surface area contributed by atoms with E-state index < -0.39 is 18.4 Å². The number of nitrogens with zero attached hydrogens (tertiary/aromatic N) is 2. The van der Waals surface area contributed by atoms with Crippen molar-refractivity contribution in [2.75, 3.05) is 6.61 Å². The summed E-state index contributed by atoms with van der Waals surface area (Å²) < 4.78 is 12.1. The summed E-state index contributed by atoms with van der Waals surface area (Å²) in [5, 5.41) is 5.77. The fourth-order valence-electron chi connectivity index (χ4n) is 3.79. The van der Waals surface area contributed by atoms with Crippen molar-refractivity contribution in [3.8, 4) is 5.69 Å². The number of esters is 1. The molecule has 2 aromatic heterocycles. The van der Waals surface area contributed by atoms with Crippen LogP contribution in [0, 0.1) is 6.92 Å². The molecule has 2 heterocycles. The minimum Gasteiger partial charge on any atom is -0.453 e. The molecule has 0 radical (unpaired) electrons. The van der Waals surface area contributed by atoms with Crippen LogP contribution in [0.15, 0.2) is 88.1 Å². The number of hydrogen-bond donors (Lipinski definition) is 0. The van der Waals surface area contributed by atoms with Gasteiger partial charge in [0.15, 0.2) is 18.1 Å². The van der Waals surface area contributed by atoms with Gasteiger partial charge in [0.1, 0.15) is 5.58 Å². The van der Waals surface area contributed by atoms with E-state index in [1.165, 1.54) is 0 Å². The molecule has 0 N–H and O–H groups in total. The van der Waals surface area contributed by atoms with Gasteiger partial charge in [-0.25, -0.2) is 4.79 Å². The first kappa shape index (κ1) is 20.4. The quantitative estimate of drug-likeness (QED) is 0.297. The topological polar surface area (TPSA) is 91.4 Å². The van der Waals surface area contributed by atoms with Crippen LogP contribution in [0.4, 0.5) is 0 Å². The molecule has 0 saturated carbocycles. The zero-order valence-electron chi connectivity index (χ0n) is 17.6. The molecule has 5 rings (SSSR count). The van der Waals surface area contributed by atoms with Gasteiger partial charge < -0.3 is 9.15 Å². The first-order valence-corrected chi connectivity index (χ1v) is 10.3. The van der Waals surface area contributed by atoms with Gasteiger partial charge in [-0.05, 0) is 31.2 Å². The van der Waals surface area contributed by atoms with Crippen molar-refractivity contribution in [1.82, 2.24) is 9.78 Å². The summed E-state index contributed by atoms with van der Waals surface area (Å²) in [7, 11) is 0. The lowest BCUT2D eigenvalue weighted by molar-refractivity contribution is 0.0462. The van der Waals surface area contributed by atoms with Gasteiger partial charge in [0.2, 0.25) is 5.78 Å². The molecule has 0 unspecified atom stereocenters. The highest BCUT2D eigenvalue weighted by Gasteiger charge is 2.22. The molecule has 0 bridgehead atoms. The Balaban J connectivity index is 1.48. The standard InChI is InChI=1S/C26H18N2O5/c1-16-18-11-7-8-14-22(18)33-24(16)21(29)15-32-26(31)23-19-12-5-6-13-20(19)25(30)28(27-23)17-9-3-2-4-10-17/h2-14H,15H2,1H3. The average molecular weight is 438 g/mol. The monoisotopic (exact) mass is 438 g/mol. The summed E-state index contributed by atoms with van der Waals surface area (Å²) in [5.41, 5.74) is 1.38. The highest BCUT2D eigenvalue weighted by Crippen LogP contribution is 2.25. The molecular formula is C26H18N2O5. The minimum absolute atomic E-state index is 0.0526. The van der Waals surface area contributed by atoms with Gasteiger partial charge in [0.05, 0.1) is 11.1 Å². The van der Waals surface area contributed by atoms with Crippen LogP contribution in [0.3, 0.4) is 0 Å². The summed E-state index contributed by atoms with van der Waals surface area (Å²) in [5.74, 6) is -1.12. The Hall–Kier alpha value is -4.52. The molecule has 7 heteroatoms. The van der Waals surface area contributed by atoms with Gasteiger partial charge in [-0.3, -0.25) is 9.59 Å². The van der Waals surface area contributed by atoms with E-state index in [4.69, 9.17) is 9.15 Å². The van der Waals surface area contributed by atoms with Crippen LogP contribution in [0.25, 0.3) is 27.4 Å². The zero-order valence-corrected chi connectivity index (χ0v) is 17.6. The summed E-state index contributed by atoms with van der Waals surface area (Å²) in [6.07, 6.45) is 0. The predicted octanol–water partition coefficient (Wildman–Crippen LogP) is 4.48. The zero-order chi connectivity index (χ0) is 22.9. The van der Waals surface area contributed by atoms with Crippen molar-refractivity contribution >= 4 is 33.5 Å². The molecule has 0 aliphatic carbocycles. The van der Waals surface area contributed by atoms with Crippen molar-refractivity contribution in [2.24, 2.45) is 0 Å². The molecule has 3 aromatic carbocycles. The lowest BCUT2D eigenvalue weighted by Gasteiger charge is -2.10. The number of furan rings is 1. The number of Topliss-reactive ketones (excluding diaryl/α,β-unsaturated/α-hetero) is 1. The molecule has 0 saturated heterocycles. The van der Waals surface area contributed by atoms with E-state index in [0.717, 1.165) is 10.1 Å². The van der Waals surface area contributed by atoms with Crippen LogP contribution in [0.1, 0.15) is 26.6 Å². The Kier molecular flexibility index (Phi) is 5.06. The lowest BCUT2D eigenvalue weighted by Crippen LogP contribution is -2.25. The fourth-order valence-corrected chi connectivity index (χ4v) is 3.79. The predicted molar refractivity (Wildman–Crippen MR) is 123 cm³/mol. The van der Waals surface area contributed by atoms with E-state index in [2.05, 4.69) is 5.10 Å². The molecule has 0 amide bonds. The third kappa shape index (κ3) is 3.59. The second-order valence-corrected chi connectivity index (χ2v) is 7.50. The number of ketones is 1. The minimum atomic E-state index is -0.807. The number of ether oxygens (including phenoxy) is 1. The van der Waals surface area contributed by atoms with Crippen LogP contribution in [0.5, 0.6) is 0 Å². The molecule has 0 aliphatic heterocycles. The highest BCUT2D eigenvalue weighted by atomic mass is 16.5. The van der Waals surface area contributed by atoms with Crippen molar-refractivity contribution in [1.29, 1.82) is 0 Å². The molecule has 0 fully saturated rings. The van der Waals surface area contributed by atoms with E-state index >= 15 is 0 Å². The van der Waals surface area contributed by atoms with Crippen molar-refractivity contribution in [3.63, 3.8) is 0 Å². The fraction of sp³-hybridized carbons (Fsp3) is 0.0769. The molecule has 0 spiro atoms. The van der Waals surface area contributed by atoms with Crippen LogP contribution in [-0.2, 0) is 4.74 Å². The number of carbonyl (C=O) groups excluding carboxylic acids is 2.